The molecule has 0 atom stereocenters. The second kappa shape index (κ2) is 3.98. The zero-order chi connectivity index (χ0) is 10.9. The summed E-state index contributed by atoms with van der Waals surface area (Å²) in [7, 11) is 0. The molecule has 0 aliphatic carbocycles. The van der Waals surface area contributed by atoms with Crippen molar-refractivity contribution in [3.05, 3.63) is 35.8 Å². The van der Waals surface area contributed by atoms with Crippen LogP contribution in [0, 0.1) is 13.7 Å². The number of hydrogen-bond acceptors (Lipinski definition) is 3. The fourth-order valence-corrected chi connectivity index (χ4v) is 1.56. The van der Waals surface area contributed by atoms with E-state index in [0.29, 0.717) is 6.07 Å². The van der Waals surface area contributed by atoms with E-state index in [2.05, 4.69) is 0 Å². The molecular weight excluding hydrogens is 313 g/mol. The minimum atomic E-state index is -2.94. The first-order valence-corrected chi connectivity index (χ1v) is 4.36. The summed E-state index contributed by atoms with van der Waals surface area (Å²) in [5, 5.41) is 10.4. The lowest BCUT2D eigenvalue weighted by atomic mass is 10.3. The molecule has 76 valence electrons. The molecule has 1 N–H and O–H groups in total. The van der Waals surface area contributed by atoms with Crippen molar-refractivity contribution in [2.24, 2.45) is 0 Å². The summed E-state index contributed by atoms with van der Waals surface area (Å²) in [6.45, 7) is 0. The summed E-state index contributed by atoms with van der Waals surface area (Å²) >= 11 is 1.40. The standard InChI is InChI=1S/C6H3F2IN2O3/c7-6(8)5-4(9)2(11(13)14)1-3(12)10-5/h1,6H,(H,10,12). The van der Waals surface area contributed by atoms with Crippen LogP contribution in [0.5, 0.6) is 0 Å². The smallest absolute Gasteiger partial charge is 0.290 e. The van der Waals surface area contributed by atoms with Gasteiger partial charge in [-0.2, -0.15) is 0 Å². The van der Waals surface area contributed by atoms with E-state index in [4.69, 9.17) is 0 Å². The molecule has 0 saturated carbocycles. The van der Waals surface area contributed by atoms with Crippen LogP contribution in [0.3, 0.4) is 0 Å². The van der Waals surface area contributed by atoms with Gasteiger partial charge in [0, 0.05) is 0 Å². The number of rotatable bonds is 2. The Hall–Kier alpha value is -1.06. The van der Waals surface area contributed by atoms with E-state index in [1.165, 1.54) is 22.6 Å². The van der Waals surface area contributed by atoms with Crippen molar-refractivity contribution in [3.63, 3.8) is 0 Å². The van der Waals surface area contributed by atoms with Crippen LogP contribution in [0.2, 0.25) is 0 Å². The Morgan fingerprint density at radius 3 is 2.57 bits per heavy atom. The summed E-state index contributed by atoms with van der Waals surface area (Å²) in [4.78, 5) is 22.1. The maximum atomic E-state index is 12.3. The predicted octanol–water partition coefficient (Wildman–Crippen LogP) is 1.83. The highest BCUT2D eigenvalue weighted by atomic mass is 127. The van der Waals surface area contributed by atoms with Crippen molar-refractivity contribution < 1.29 is 13.7 Å². The molecule has 0 radical (unpaired) electrons. The summed E-state index contributed by atoms with van der Waals surface area (Å²) in [5.74, 6) is 0. The van der Waals surface area contributed by atoms with E-state index >= 15 is 0 Å². The van der Waals surface area contributed by atoms with Crippen LogP contribution < -0.4 is 5.56 Å². The third-order valence-corrected chi connectivity index (χ3v) is 2.54. The maximum absolute atomic E-state index is 12.3. The average Bonchev–Trinajstić information content (AvgIpc) is 2.07. The molecule has 0 aliphatic rings. The molecule has 0 unspecified atom stereocenters. The third-order valence-electron chi connectivity index (χ3n) is 1.40. The van der Waals surface area contributed by atoms with Crippen LogP contribution in [0.4, 0.5) is 14.5 Å². The predicted molar refractivity (Wildman–Crippen MR) is 51.4 cm³/mol. The molecule has 0 fully saturated rings. The normalized spacial score (nSPS) is 10.6. The third kappa shape index (κ3) is 2.05. The lowest BCUT2D eigenvalue weighted by Gasteiger charge is -2.02. The van der Waals surface area contributed by atoms with E-state index in [-0.39, 0.29) is 3.57 Å². The summed E-state index contributed by atoms with van der Waals surface area (Å²) in [6.07, 6.45) is -2.94. The van der Waals surface area contributed by atoms with E-state index in [1.807, 2.05) is 4.98 Å². The molecule has 8 heteroatoms. The largest absolute Gasteiger partial charge is 0.320 e. The minimum absolute atomic E-state index is 0.248. The zero-order valence-corrected chi connectivity index (χ0v) is 8.62. The Morgan fingerprint density at radius 2 is 2.14 bits per heavy atom. The first-order valence-electron chi connectivity index (χ1n) is 3.28. The number of aromatic amines is 1. The summed E-state index contributed by atoms with van der Waals surface area (Å²) < 4.78 is 24.3. The molecule has 1 rings (SSSR count). The molecule has 0 saturated heterocycles. The van der Waals surface area contributed by atoms with Crippen LogP contribution in [0.25, 0.3) is 0 Å². The van der Waals surface area contributed by atoms with Gasteiger partial charge in [0.05, 0.1) is 11.0 Å². The molecule has 0 spiro atoms. The van der Waals surface area contributed by atoms with Gasteiger partial charge in [-0.25, -0.2) is 8.78 Å². The van der Waals surface area contributed by atoms with Crippen LogP contribution in [0.15, 0.2) is 10.9 Å². The number of alkyl halides is 2. The topological polar surface area (TPSA) is 76.0 Å². The van der Waals surface area contributed by atoms with E-state index in [9.17, 15) is 23.7 Å². The van der Waals surface area contributed by atoms with Gasteiger partial charge in [0.1, 0.15) is 9.26 Å². The van der Waals surface area contributed by atoms with Gasteiger partial charge < -0.3 is 4.98 Å². The van der Waals surface area contributed by atoms with Gasteiger partial charge in [-0.3, -0.25) is 14.9 Å². The Balaban J connectivity index is 3.48. The Bertz CT molecular complexity index is 432. The SMILES string of the molecule is O=c1cc([N+](=O)[O-])c(I)c(C(F)F)[nH]1. The first kappa shape index (κ1) is 11.0. The van der Waals surface area contributed by atoms with Gasteiger partial charge >= 0.3 is 0 Å². The Labute approximate surface area is 89.4 Å². The van der Waals surface area contributed by atoms with Crippen molar-refractivity contribution in [1.82, 2.24) is 4.98 Å². The molecule has 1 aromatic heterocycles. The van der Waals surface area contributed by atoms with Gasteiger partial charge in [-0.1, -0.05) is 0 Å². The van der Waals surface area contributed by atoms with E-state index < -0.39 is 28.3 Å². The van der Waals surface area contributed by atoms with Gasteiger partial charge in [-0.05, 0) is 22.6 Å². The number of pyridine rings is 1. The minimum Gasteiger partial charge on any atom is -0.320 e. The Kier molecular flexibility index (Phi) is 3.13. The number of aromatic nitrogens is 1. The molecule has 0 aliphatic heterocycles. The van der Waals surface area contributed by atoms with Gasteiger partial charge in [-0.15, -0.1) is 0 Å². The van der Waals surface area contributed by atoms with Crippen molar-refractivity contribution in [2.45, 2.75) is 6.43 Å². The van der Waals surface area contributed by atoms with E-state index in [1.54, 1.807) is 0 Å². The van der Waals surface area contributed by atoms with Crippen molar-refractivity contribution in [3.8, 4) is 0 Å². The molecule has 0 bridgehead atoms. The molecule has 1 heterocycles. The van der Waals surface area contributed by atoms with Crippen LogP contribution in [-0.2, 0) is 0 Å². The van der Waals surface area contributed by atoms with Crippen LogP contribution in [0.1, 0.15) is 12.1 Å². The number of hydrogen-bond donors (Lipinski definition) is 1. The Morgan fingerprint density at radius 1 is 1.57 bits per heavy atom. The van der Waals surface area contributed by atoms with Crippen molar-refractivity contribution >= 4 is 28.3 Å². The molecule has 5 nitrogen and oxygen atoms in total. The first-order chi connectivity index (χ1) is 6.43. The second-order valence-electron chi connectivity index (χ2n) is 2.30. The second-order valence-corrected chi connectivity index (χ2v) is 3.38. The van der Waals surface area contributed by atoms with Crippen LogP contribution >= 0.6 is 22.6 Å². The zero-order valence-electron chi connectivity index (χ0n) is 6.46. The summed E-state index contributed by atoms with van der Waals surface area (Å²) in [6, 6.07) is 0.674. The lowest BCUT2D eigenvalue weighted by Crippen LogP contribution is -2.12. The molecule has 0 aromatic carbocycles. The summed E-state index contributed by atoms with van der Waals surface area (Å²) in [5.41, 5.74) is -2.23. The van der Waals surface area contributed by atoms with Gasteiger partial charge in [0.25, 0.3) is 17.7 Å². The lowest BCUT2D eigenvalue weighted by molar-refractivity contribution is -0.386. The van der Waals surface area contributed by atoms with Crippen LogP contribution in [-0.4, -0.2) is 9.91 Å². The number of nitrogens with zero attached hydrogens (tertiary/aromatic N) is 1. The molecule has 0 amide bonds. The fourth-order valence-electron chi connectivity index (χ4n) is 0.832. The monoisotopic (exact) mass is 316 g/mol. The maximum Gasteiger partial charge on any atom is 0.290 e. The highest BCUT2D eigenvalue weighted by molar-refractivity contribution is 14.1. The highest BCUT2D eigenvalue weighted by Gasteiger charge is 2.22. The van der Waals surface area contributed by atoms with Gasteiger partial charge in [0.15, 0.2) is 0 Å². The molecule has 1 aromatic rings. The average molecular weight is 316 g/mol. The number of halogens is 3. The molecular formula is C6H3F2IN2O3. The highest BCUT2D eigenvalue weighted by Crippen LogP contribution is 2.27. The number of nitrogens with one attached hydrogen (secondary N) is 1. The van der Waals surface area contributed by atoms with Crippen molar-refractivity contribution in [1.29, 1.82) is 0 Å². The number of nitro groups is 1. The molecule has 14 heavy (non-hydrogen) atoms. The van der Waals surface area contributed by atoms with Gasteiger partial charge in [0.2, 0.25) is 0 Å². The quantitative estimate of drug-likeness (QED) is 0.514. The van der Waals surface area contributed by atoms with E-state index in [0.717, 1.165) is 0 Å². The van der Waals surface area contributed by atoms with Crippen molar-refractivity contribution in [2.75, 3.05) is 0 Å². The fraction of sp³-hybridized carbons (Fsp3) is 0.167. The number of H-pyrrole nitrogens is 1.